The van der Waals surface area contributed by atoms with Gasteiger partial charge in [-0.15, -0.1) is 0 Å². The Balaban J connectivity index is 4.36. The first-order valence-electron chi connectivity index (χ1n) is 5.93. The molecule has 4 nitrogen and oxygen atoms in total. The van der Waals surface area contributed by atoms with Crippen LogP contribution in [0.2, 0.25) is 0 Å². The van der Waals surface area contributed by atoms with Gasteiger partial charge in [-0.2, -0.15) is 0 Å². The van der Waals surface area contributed by atoms with Crippen molar-refractivity contribution in [1.29, 1.82) is 0 Å². The van der Waals surface area contributed by atoms with E-state index >= 15 is 0 Å². The van der Waals surface area contributed by atoms with Crippen LogP contribution in [0.15, 0.2) is 0 Å². The van der Waals surface area contributed by atoms with Crippen molar-refractivity contribution in [3.63, 3.8) is 0 Å². The van der Waals surface area contributed by atoms with E-state index in [1.54, 1.807) is 6.92 Å². The number of carbonyl (C=O) groups is 1. The van der Waals surface area contributed by atoms with E-state index in [1.165, 1.54) is 7.11 Å². The highest BCUT2D eigenvalue weighted by molar-refractivity contribution is 5.84. The fourth-order valence-electron chi connectivity index (χ4n) is 1.33. The molecule has 0 saturated carbocycles. The molecule has 0 aromatic heterocycles. The van der Waals surface area contributed by atoms with Gasteiger partial charge in [0.05, 0.1) is 5.60 Å². The second-order valence-corrected chi connectivity index (χ2v) is 4.40. The zero-order chi connectivity index (χ0) is 12.8. The molecule has 0 spiro atoms. The molecule has 0 aliphatic rings. The van der Waals surface area contributed by atoms with E-state index in [1.807, 2.05) is 20.8 Å². The van der Waals surface area contributed by atoms with Crippen LogP contribution in [-0.4, -0.2) is 35.9 Å². The SMILES string of the molecule is CCC(O)(CC)CNC(=O)C(C)(CC)OC. The number of hydrogen-bond acceptors (Lipinski definition) is 3. The van der Waals surface area contributed by atoms with Crippen LogP contribution in [0, 0.1) is 0 Å². The average Bonchev–Trinajstić information content (AvgIpc) is 2.34. The minimum atomic E-state index is -0.807. The van der Waals surface area contributed by atoms with Crippen molar-refractivity contribution in [1.82, 2.24) is 5.32 Å². The van der Waals surface area contributed by atoms with Gasteiger partial charge in [0.15, 0.2) is 0 Å². The van der Waals surface area contributed by atoms with Crippen LogP contribution in [0.25, 0.3) is 0 Å². The molecule has 0 heterocycles. The Hall–Kier alpha value is -0.610. The van der Waals surface area contributed by atoms with Crippen LogP contribution in [0.4, 0.5) is 0 Å². The van der Waals surface area contributed by atoms with Crippen LogP contribution in [-0.2, 0) is 9.53 Å². The van der Waals surface area contributed by atoms with Gasteiger partial charge in [-0.25, -0.2) is 0 Å². The van der Waals surface area contributed by atoms with Crippen molar-refractivity contribution in [3.8, 4) is 0 Å². The first-order chi connectivity index (χ1) is 7.37. The third-order valence-electron chi connectivity index (χ3n) is 3.50. The van der Waals surface area contributed by atoms with Gasteiger partial charge in [0.2, 0.25) is 0 Å². The molecule has 0 aromatic rings. The third-order valence-corrected chi connectivity index (χ3v) is 3.50. The summed E-state index contributed by atoms with van der Waals surface area (Å²) in [5.41, 5.74) is -1.61. The molecular formula is C12H25NO3. The van der Waals surface area contributed by atoms with Crippen LogP contribution in [0.3, 0.4) is 0 Å². The molecule has 0 aromatic carbocycles. The van der Waals surface area contributed by atoms with Crippen LogP contribution in [0.1, 0.15) is 47.0 Å². The summed E-state index contributed by atoms with van der Waals surface area (Å²) < 4.78 is 5.19. The van der Waals surface area contributed by atoms with Crippen LogP contribution in [0.5, 0.6) is 0 Å². The summed E-state index contributed by atoms with van der Waals surface area (Å²) in [6.45, 7) is 7.74. The number of aliphatic hydroxyl groups is 1. The maximum atomic E-state index is 11.9. The molecule has 4 heteroatoms. The molecule has 0 aliphatic heterocycles. The second-order valence-electron chi connectivity index (χ2n) is 4.40. The minimum absolute atomic E-state index is 0.169. The van der Waals surface area contributed by atoms with Gasteiger partial charge in [0.25, 0.3) is 5.91 Å². The highest BCUT2D eigenvalue weighted by atomic mass is 16.5. The molecule has 0 bridgehead atoms. The molecule has 1 amide bonds. The number of ether oxygens (including phenoxy) is 1. The van der Waals surface area contributed by atoms with Crippen LogP contribution < -0.4 is 5.32 Å². The lowest BCUT2D eigenvalue weighted by atomic mass is 9.96. The lowest BCUT2D eigenvalue weighted by molar-refractivity contribution is -0.143. The van der Waals surface area contributed by atoms with Gasteiger partial charge in [0.1, 0.15) is 5.60 Å². The number of hydrogen-bond donors (Lipinski definition) is 2. The van der Waals surface area contributed by atoms with Crippen molar-refractivity contribution >= 4 is 5.91 Å². The fraction of sp³-hybridized carbons (Fsp3) is 0.917. The van der Waals surface area contributed by atoms with E-state index in [0.29, 0.717) is 19.3 Å². The summed E-state index contributed by atoms with van der Waals surface area (Å²) in [6, 6.07) is 0. The van der Waals surface area contributed by atoms with E-state index in [-0.39, 0.29) is 12.5 Å². The summed E-state index contributed by atoms with van der Waals surface area (Å²) in [6.07, 6.45) is 1.85. The third kappa shape index (κ3) is 3.76. The summed E-state index contributed by atoms with van der Waals surface area (Å²) >= 11 is 0. The predicted octanol–water partition coefficient (Wildman–Crippen LogP) is 1.47. The Morgan fingerprint density at radius 1 is 1.25 bits per heavy atom. The normalized spacial score (nSPS) is 15.6. The molecule has 96 valence electrons. The molecule has 0 aliphatic carbocycles. The lowest BCUT2D eigenvalue weighted by Crippen LogP contribution is -2.50. The summed E-state index contributed by atoms with van der Waals surface area (Å²) in [5, 5.41) is 12.8. The van der Waals surface area contributed by atoms with Gasteiger partial charge < -0.3 is 15.2 Å². The average molecular weight is 231 g/mol. The molecule has 2 N–H and O–H groups in total. The summed E-state index contributed by atoms with van der Waals surface area (Å²) in [5.74, 6) is -0.169. The molecule has 16 heavy (non-hydrogen) atoms. The van der Waals surface area contributed by atoms with E-state index < -0.39 is 11.2 Å². The number of nitrogens with one attached hydrogen (secondary N) is 1. The largest absolute Gasteiger partial charge is 0.388 e. The van der Waals surface area contributed by atoms with E-state index in [2.05, 4.69) is 5.32 Å². The number of amides is 1. The van der Waals surface area contributed by atoms with Gasteiger partial charge in [-0.1, -0.05) is 20.8 Å². The second kappa shape index (κ2) is 6.21. The summed E-state index contributed by atoms with van der Waals surface area (Å²) in [7, 11) is 1.52. The van der Waals surface area contributed by atoms with Crippen molar-refractivity contribution in [2.75, 3.05) is 13.7 Å². The van der Waals surface area contributed by atoms with E-state index in [0.717, 1.165) is 0 Å². The van der Waals surface area contributed by atoms with Gasteiger partial charge in [0, 0.05) is 13.7 Å². The molecule has 0 saturated heterocycles. The maximum absolute atomic E-state index is 11.9. The van der Waals surface area contributed by atoms with E-state index in [4.69, 9.17) is 4.74 Å². The van der Waals surface area contributed by atoms with Crippen molar-refractivity contribution in [3.05, 3.63) is 0 Å². The molecule has 0 radical (unpaired) electrons. The monoisotopic (exact) mass is 231 g/mol. The van der Waals surface area contributed by atoms with E-state index in [9.17, 15) is 9.90 Å². The number of methoxy groups -OCH3 is 1. The summed E-state index contributed by atoms with van der Waals surface area (Å²) in [4.78, 5) is 11.9. The maximum Gasteiger partial charge on any atom is 0.252 e. The molecule has 1 atom stereocenters. The Bertz CT molecular complexity index is 220. The Kier molecular flexibility index (Phi) is 5.97. The van der Waals surface area contributed by atoms with Crippen molar-refractivity contribution in [2.45, 2.75) is 58.2 Å². The van der Waals surface area contributed by atoms with Crippen LogP contribution >= 0.6 is 0 Å². The smallest absolute Gasteiger partial charge is 0.252 e. The quantitative estimate of drug-likeness (QED) is 0.697. The first-order valence-corrected chi connectivity index (χ1v) is 5.93. The first kappa shape index (κ1) is 15.4. The number of carbonyl (C=O) groups excluding carboxylic acids is 1. The zero-order valence-electron chi connectivity index (χ0n) is 11.1. The highest BCUT2D eigenvalue weighted by Crippen LogP contribution is 2.16. The number of rotatable bonds is 7. The van der Waals surface area contributed by atoms with Gasteiger partial charge in [-0.05, 0) is 26.2 Å². The predicted molar refractivity (Wildman–Crippen MR) is 64.2 cm³/mol. The minimum Gasteiger partial charge on any atom is -0.388 e. The van der Waals surface area contributed by atoms with Crippen molar-refractivity contribution in [2.24, 2.45) is 0 Å². The van der Waals surface area contributed by atoms with Crippen molar-refractivity contribution < 1.29 is 14.6 Å². The zero-order valence-corrected chi connectivity index (χ0v) is 11.1. The van der Waals surface area contributed by atoms with Gasteiger partial charge in [-0.3, -0.25) is 4.79 Å². The fourth-order valence-corrected chi connectivity index (χ4v) is 1.33. The lowest BCUT2D eigenvalue weighted by Gasteiger charge is -2.30. The molecule has 0 fully saturated rings. The standard InChI is InChI=1S/C12H25NO3/c1-6-11(4,16-5)10(14)13-9-12(15,7-2)8-3/h15H,6-9H2,1-5H3,(H,13,14). The Morgan fingerprint density at radius 3 is 2.06 bits per heavy atom. The topological polar surface area (TPSA) is 58.6 Å². The molecule has 0 rings (SSSR count). The molecule has 1 unspecified atom stereocenters. The highest BCUT2D eigenvalue weighted by Gasteiger charge is 2.32. The Morgan fingerprint density at radius 2 is 1.75 bits per heavy atom. The van der Waals surface area contributed by atoms with Gasteiger partial charge >= 0.3 is 0 Å². The Labute approximate surface area is 98.4 Å². The molecular weight excluding hydrogens is 206 g/mol.